The predicted molar refractivity (Wildman–Crippen MR) is 267 cm³/mol. The highest BCUT2D eigenvalue weighted by Crippen LogP contribution is 2.47. The standard InChI is InChI=1S/C57H104O11/c1-22-42-30(10)31(11)52(68-53-35(15)28(8)29(9)41(21)58-53)57(62-42)65-49-38(18)44(24-3)60-55(40(49)20)64-48-37(17)43(23-2)61-56(39(48)19)67-51-34(14)36(16)54(63-46(51)26-5)66-50-33(13)32(12)47(27(6)7)59-45(50)25-4/h27-57H,22-26H2,1-21H3/t28-,29-,30+,31-,32?,33+,34+,35?,36?,37-,38-,39?,40?,41?,42?,43?,44?,45?,46?,47-,48-,49-,50-,51+,52?,53-,54-,55-,56+,57-/m0/s1. The molecule has 0 aromatic heterocycles. The summed E-state index contributed by atoms with van der Waals surface area (Å²) in [5, 5.41) is 0. The SMILES string of the molecule is CCC1O[C@@H](C(C)C)C(C)[C@@H](C)[C@@H]1O[C@@H]1OC(CC)[C@H](O[C@H]2OC(CC)[C@H](C)[C@H](O[C@@H]3OC(CC)[C@H](C)[C@H](O[C@@H]4OC(CC)[C@H](C)[C@H](C)C4O[C@@H]4OC(C)[C@@H](C)[C@H](C)C4C)C3C)C2C)[C@H](C)C1C. The maximum Gasteiger partial charge on any atom is 0.184 e. The number of hydrogen-bond donors (Lipinski definition) is 0. The first-order chi connectivity index (χ1) is 32.1. The van der Waals surface area contributed by atoms with Gasteiger partial charge in [-0.1, -0.05) is 138 Å². The Morgan fingerprint density at radius 3 is 1.10 bits per heavy atom. The molecule has 11 heteroatoms. The van der Waals surface area contributed by atoms with Crippen LogP contribution in [-0.2, 0) is 52.1 Å². The van der Waals surface area contributed by atoms with Gasteiger partial charge < -0.3 is 52.1 Å². The first-order valence-corrected chi connectivity index (χ1v) is 28.3. The molecule has 0 saturated carbocycles. The quantitative estimate of drug-likeness (QED) is 0.148. The van der Waals surface area contributed by atoms with E-state index in [1.807, 2.05) is 0 Å². The summed E-state index contributed by atoms with van der Waals surface area (Å²) in [6.07, 6.45) is 1.49. The summed E-state index contributed by atoms with van der Waals surface area (Å²) in [6.45, 7) is 47.4. The van der Waals surface area contributed by atoms with Crippen LogP contribution in [0.3, 0.4) is 0 Å². The summed E-state index contributed by atoms with van der Waals surface area (Å²) in [6, 6.07) is 0. The third-order valence-electron chi connectivity index (χ3n) is 19.6. The summed E-state index contributed by atoms with van der Waals surface area (Å²) in [5.74, 6) is 3.23. The van der Waals surface area contributed by atoms with Gasteiger partial charge in [-0.15, -0.1) is 0 Å². The van der Waals surface area contributed by atoms with Gasteiger partial charge in [0.15, 0.2) is 31.5 Å². The van der Waals surface area contributed by atoms with Crippen LogP contribution in [0.4, 0.5) is 0 Å². The molecule has 0 radical (unpaired) electrons. The zero-order valence-corrected chi connectivity index (χ0v) is 46.9. The molecule has 6 saturated heterocycles. The number of ether oxygens (including phenoxy) is 11. The minimum absolute atomic E-state index is 0.0296. The smallest absolute Gasteiger partial charge is 0.184 e. The Balaban J connectivity index is 1.18. The fourth-order valence-electron chi connectivity index (χ4n) is 13.4. The lowest BCUT2D eigenvalue weighted by Gasteiger charge is -2.53. The molecular weight excluding hydrogens is 861 g/mol. The lowest BCUT2D eigenvalue weighted by Crippen LogP contribution is -2.60. The molecular formula is C57H104O11. The predicted octanol–water partition coefficient (Wildman–Crippen LogP) is 12.3. The molecule has 0 aromatic carbocycles. The van der Waals surface area contributed by atoms with Gasteiger partial charge in [0.25, 0.3) is 0 Å². The second kappa shape index (κ2) is 24.3. The summed E-state index contributed by atoms with van der Waals surface area (Å²) in [7, 11) is 0. The summed E-state index contributed by atoms with van der Waals surface area (Å²) < 4.78 is 77.2. The molecule has 0 N–H and O–H groups in total. The van der Waals surface area contributed by atoms with Crippen LogP contribution in [0.1, 0.15) is 178 Å². The fraction of sp³-hybridized carbons (Fsp3) is 1.00. The van der Waals surface area contributed by atoms with Gasteiger partial charge in [0.05, 0.1) is 67.1 Å². The lowest BCUT2D eigenvalue weighted by molar-refractivity contribution is -0.373. The van der Waals surface area contributed by atoms with Gasteiger partial charge in [0, 0.05) is 35.5 Å². The summed E-state index contributed by atoms with van der Waals surface area (Å²) >= 11 is 0. The van der Waals surface area contributed by atoms with Crippen molar-refractivity contribution in [2.45, 2.75) is 282 Å². The maximum atomic E-state index is 7.34. The van der Waals surface area contributed by atoms with Crippen LogP contribution in [-0.4, -0.2) is 105 Å². The number of rotatable bonds is 16. The Hall–Kier alpha value is -0.440. The van der Waals surface area contributed by atoms with E-state index >= 15 is 0 Å². The Morgan fingerprint density at radius 1 is 0.279 bits per heavy atom. The summed E-state index contributed by atoms with van der Waals surface area (Å²) in [5.41, 5.74) is 0. The van der Waals surface area contributed by atoms with E-state index in [1.54, 1.807) is 0 Å². The van der Waals surface area contributed by atoms with E-state index in [1.165, 1.54) is 0 Å². The molecule has 0 aliphatic carbocycles. The summed E-state index contributed by atoms with van der Waals surface area (Å²) in [4.78, 5) is 0. The van der Waals surface area contributed by atoms with Crippen molar-refractivity contribution in [3.63, 3.8) is 0 Å². The third-order valence-corrected chi connectivity index (χ3v) is 19.6. The molecule has 6 heterocycles. The van der Waals surface area contributed by atoms with Crippen molar-refractivity contribution >= 4 is 0 Å². The van der Waals surface area contributed by atoms with Crippen LogP contribution in [0.25, 0.3) is 0 Å². The maximum absolute atomic E-state index is 7.34. The van der Waals surface area contributed by atoms with E-state index in [0.717, 1.165) is 32.1 Å². The molecule has 6 aliphatic heterocycles. The Bertz CT molecular complexity index is 1510. The average Bonchev–Trinajstić information content (AvgIpc) is 3.31. The Labute approximate surface area is 415 Å². The van der Waals surface area contributed by atoms with Gasteiger partial charge in [0.2, 0.25) is 0 Å². The molecule has 0 spiro atoms. The van der Waals surface area contributed by atoms with Crippen molar-refractivity contribution in [2.75, 3.05) is 0 Å². The van der Waals surface area contributed by atoms with E-state index in [4.69, 9.17) is 52.1 Å². The largest absolute Gasteiger partial charge is 0.372 e. The molecule has 30 atom stereocenters. The number of hydrogen-bond acceptors (Lipinski definition) is 11. The van der Waals surface area contributed by atoms with Crippen LogP contribution in [0.5, 0.6) is 0 Å². The second-order valence-electron chi connectivity index (χ2n) is 24.0. The monoisotopic (exact) mass is 965 g/mol. The fourth-order valence-corrected chi connectivity index (χ4v) is 13.4. The molecule has 68 heavy (non-hydrogen) atoms. The zero-order chi connectivity index (χ0) is 50.2. The van der Waals surface area contributed by atoms with Gasteiger partial charge in [-0.2, -0.15) is 0 Å². The zero-order valence-electron chi connectivity index (χ0n) is 46.9. The minimum atomic E-state index is -0.548. The van der Waals surface area contributed by atoms with Gasteiger partial charge in [-0.05, 0) is 86.4 Å². The highest BCUT2D eigenvalue weighted by atomic mass is 16.8. The third kappa shape index (κ3) is 11.6. The van der Waals surface area contributed by atoms with Crippen molar-refractivity contribution in [3.05, 3.63) is 0 Å². The van der Waals surface area contributed by atoms with Gasteiger partial charge in [-0.25, -0.2) is 0 Å². The van der Waals surface area contributed by atoms with Crippen molar-refractivity contribution in [1.82, 2.24) is 0 Å². The van der Waals surface area contributed by atoms with Gasteiger partial charge in [0.1, 0.15) is 6.10 Å². The normalized spacial score (nSPS) is 52.9. The first-order valence-electron chi connectivity index (χ1n) is 28.3. The van der Waals surface area contributed by atoms with Crippen molar-refractivity contribution in [3.8, 4) is 0 Å². The molecule has 0 bridgehead atoms. The van der Waals surface area contributed by atoms with Crippen LogP contribution in [0.15, 0.2) is 0 Å². The van der Waals surface area contributed by atoms with E-state index in [0.29, 0.717) is 35.5 Å². The topological polar surface area (TPSA) is 102 Å². The molecule has 6 rings (SSSR count). The van der Waals surface area contributed by atoms with E-state index in [9.17, 15) is 0 Å². The van der Waals surface area contributed by atoms with Crippen molar-refractivity contribution < 1.29 is 52.1 Å². The molecule has 11 nitrogen and oxygen atoms in total. The van der Waals surface area contributed by atoms with Gasteiger partial charge >= 0.3 is 0 Å². The Morgan fingerprint density at radius 2 is 0.618 bits per heavy atom. The molecule has 398 valence electrons. The molecule has 6 fully saturated rings. The van der Waals surface area contributed by atoms with Crippen molar-refractivity contribution in [1.29, 1.82) is 0 Å². The van der Waals surface area contributed by atoms with Gasteiger partial charge in [-0.3, -0.25) is 0 Å². The molecule has 0 amide bonds. The average molecular weight is 965 g/mol. The second-order valence-corrected chi connectivity index (χ2v) is 24.0. The highest BCUT2D eigenvalue weighted by Gasteiger charge is 2.54. The first kappa shape index (κ1) is 56.8. The van der Waals surface area contributed by atoms with E-state index in [2.05, 4.69) is 145 Å². The van der Waals surface area contributed by atoms with Crippen molar-refractivity contribution in [2.24, 2.45) is 82.9 Å². The van der Waals surface area contributed by atoms with Crippen LogP contribution < -0.4 is 0 Å². The van der Waals surface area contributed by atoms with Crippen LogP contribution in [0, 0.1) is 82.9 Å². The minimum Gasteiger partial charge on any atom is -0.372 e. The lowest BCUT2D eigenvalue weighted by atomic mass is 9.77. The van der Waals surface area contributed by atoms with E-state index in [-0.39, 0.29) is 133 Å². The van der Waals surface area contributed by atoms with E-state index < -0.39 is 18.9 Å². The van der Waals surface area contributed by atoms with Crippen LogP contribution in [0.2, 0.25) is 0 Å². The highest BCUT2D eigenvalue weighted by molar-refractivity contribution is 4.96. The molecule has 0 aromatic rings. The van der Waals surface area contributed by atoms with Crippen LogP contribution >= 0.6 is 0 Å². The molecule has 6 aliphatic rings. The Kier molecular flexibility index (Phi) is 20.3. The molecule has 12 unspecified atom stereocenters.